The van der Waals surface area contributed by atoms with Gasteiger partial charge in [0, 0.05) is 24.8 Å². The van der Waals surface area contributed by atoms with Crippen LogP contribution < -0.4 is 11.3 Å². The van der Waals surface area contributed by atoms with Crippen LogP contribution in [0.5, 0.6) is 0 Å². The first-order chi connectivity index (χ1) is 8.73. The van der Waals surface area contributed by atoms with Crippen molar-refractivity contribution in [3.8, 4) is 0 Å². The molecule has 1 aliphatic rings. The first kappa shape index (κ1) is 13.3. The number of nitrogens with two attached hydrogens (primary N) is 1. The van der Waals surface area contributed by atoms with Gasteiger partial charge >= 0.3 is 0 Å². The van der Waals surface area contributed by atoms with Crippen LogP contribution in [0.25, 0.3) is 0 Å². The molecule has 0 saturated carbocycles. The molecule has 1 fully saturated rings. The third-order valence-electron chi connectivity index (χ3n) is 4.44. The van der Waals surface area contributed by atoms with Gasteiger partial charge in [-0.15, -0.1) is 0 Å². The van der Waals surface area contributed by atoms with Crippen molar-refractivity contribution < 1.29 is 0 Å². The van der Waals surface area contributed by atoms with Crippen molar-refractivity contribution >= 4 is 5.82 Å². The summed E-state index contributed by atoms with van der Waals surface area (Å²) in [5, 5.41) is 0. The number of likely N-dealkylation sites (tertiary alicyclic amines) is 1. The molecule has 18 heavy (non-hydrogen) atoms. The molecule has 4 nitrogen and oxygen atoms in total. The number of nitrogens with zero attached hydrogens (tertiary/aromatic N) is 2. The molecule has 1 aromatic rings. The minimum atomic E-state index is 0.526. The van der Waals surface area contributed by atoms with Crippen molar-refractivity contribution in [1.29, 1.82) is 0 Å². The molecule has 2 heterocycles. The number of hydrazine groups is 1. The van der Waals surface area contributed by atoms with Crippen molar-refractivity contribution in [3.05, 3.63) is 23.9 Å². The number of nitrogen functional groups attached to an aromatic ring is 1. The van der Waals surface area contributed by atoms with Gasteiger partial charge in [-0.2, -0.15) is 0 Å². The number of nitrogens with one attached hydrogen (secondary N) is 1. The normalized spacial score (nSPS) is 19.1. The summed E-state index contributed by atoms with van der Waals surface area (Å²) in [6, 6.07) is 4.07. The standard InChI is InChI=1S/C14H24N4/c1-3-14(4-2)7-9-18(11-14)10-12-6-5-8-16-13(12)17-15/h5-6,8H,3-4,7,9-11,15H2,1-2H3,(H,16,17). The van der Waals surface area contributed by atoms with Crippen LogP contribution in [0.15, 0.2) is 18.3 Å². The zero-order chi connectivity index (χ0) is 13.0. The maximum atomic E-state index is 5.50. The van der Waals surface area contributed by atoms with Gasteiger partial charge in [-0.3, -0.25) is 4.90 Å². The fourth-order valence-electron chi connectivity index (χ4n) is 2.93. The Balaban J connectivity index is 2.03. The highest BCUT2D eigenvalue weighted by Gasteiger charge is 2.34. The Hall–Kier alpha value is -1.13. The molecule has 0 radical (unpaired) electrons. The second kappa shape index (κ2) is 5.67. The third kappa shape index (κ3) is 2.65. The van der Waals surface area contributed by atoms with E-state index in [4.69, 9.17) is 5.84 Å². The zero-order valence-electron chi connectivity index (χ0n) is 11.4. The Labute approximate surface area is 110 Å². The predicted octanol–water partition coefficient (Wildman–Crippen LogP) is 2.38. The van der Waals surface area contributed by atoms with Crippen molar-refractivity contribution in [2.75, 3.05) is 18.5 Å². The largest absolute Gasteiger partial charge is 0.308 e. The molecule has 0 aromatic carbocycles. The first-order valence-electron chi connectivity index (χ1n) is 6.86. The molecule has 0 atom stereocenters. The summed E-state index contributed by atoms with van der Waals surface area (Å²) in [7, 11) is 0. The van der Waals surface area contributed by atoms with Crippen LogP contribution in [0.1, 0.15) is 38.7 Å². The lowest BCUT2D eigenvalue weighted by Crippen LogP contribution is -2.26. The molecule has 2 rings (SSSR count). The summed E-state index contributed by atoms with van der Waals surface area (Å²) in [6.45, 7) is 7.93. The van der Waals surface area contributed by atoms with Crippen molar-refractivity contribution in [2.24, 2.45) is 11.3 Å². The van der Waals surface area contributed by atoms with Gasteiger partial charge in [-0.05, 0) is 37.3 Å². The average Bonchev–Trinajstić information content (AvgIpc) is 2.83. The van der Waals surface area contributed by atoms with Gasteiger partial charge in [0.15, 0.2) is 0 Å². The Morgan fingerprint density at radius 1 is 1.44 bits per heavy atom. The molecule has 0 spiro atoms. The van der Waals surface area contributed by atoms with Crippen molar-refractivity contribution in [2.45, 2.75) is 39.7 Å². The zero-order valence-corrected chi connectivity index (χ0v) is 11.4. The van der Waals surface area contributed by atoms with Crippen LogP contribution in [0.3, 0.4) is 0 Å². The van der Waals surface area contributed by atoms with Crippen LogP contribution in [-0.4, -0.2) is 23.0 Å². The fourth-order valence-corrected chi connectivity index (χ4v) is 2.93. The van der Waals surface area contributed by atoms with E-state index in [0.29, 0.717) is 5.41 Å². The summed E-state index contributed by atoms with van der Waals surface area (Å²) in [5.41, 5.74) is 4.39. The van der Waals surface area contributed by atoms with E-state index in [1.165, 1.54) is 37.9 Å². The van der Waals surface area contributed by atoms with E-state index < -0.39 is 0 Å². The van der Waals surface area contributed by atoms with E-state index in [1.54, 1.807) is 6.20 Å². The number of pyridine rings is 1. The quantitative estimate of drug-likeness (QED) is 0.620. The molecular weight excluding hydrogens is 224 g/mol. The summed E-state index contributed by atoms with van der Waals surface area (Å²) in [4.78, 5) is 6.77. The van der Waals surface area contributed by atoms with Gasteiger partial charge in [-0.25, -0.2) is 10.8 Å². The van der Waals surface area contributed by atoms with E-state index in [2.05, 4.69) is 35.2 Å². The van der Waals surface area contributed by atoms with E-state index in [9.17, 15) is 0 Å². The lowest BCUT2D eigenvalue weighted by molar-refractivity contribution is 0.236. The van der Waals surface area contributed by atoms with Gasteiger partial charge in [0.25, 0.3) is 0 Å². The highest BCUT2D eigenvalue weighted by Crippen LogP contribution is 2.37. The molecular formula is C14H24N4. The van der Waals surface area contributed by atoms with Crippen molar-refractivity contribution in [3.63, 3.8) is 0 Å². The Kier molecular flexibility index (Phi) is 4.19. The number of hydrogen-bond donors (Lipinski definition) is 2. The first-order valence-corrected chi connectivity index (χ1v) is 6.86. The van der Waals surface area contributed by atoms with E-state index in [0.717, 1.165) is 12.4 Å². The maximum absolute atomic E-state index is 5.50. The minimum absolute atomic E-state index is 0.526. The molecule has 4 heteroatoms. The topological polar surface area (TPSA) is 54.2 Å². The van der Waals surface area contributed by atoms with Gasteiger partial charge < -0.3 is 5.43 Å². The molecule has 1 aliphatic heterocycles. The number of anilines is 1. The maximum Gasteiger partial charge on any atom is 0.144 e. The third-order valence-corrected chi connectivity index (χ3v) is 4.44. The molecule has 3 N–H and O–H groups in total. The molecule has 0 bridgehead atoms. The smallest absolute Gasteiger partial charge is 0.144 e. The molecule has 0 amide bonds. The molecule has 0 aliphatic carbocycles. The lowest BCUT2D eigenvalue weighted by Gasteiger charge is -2.26. The van der Waals surface area contributed by atoms with E-state index in [-0.39, 0.29) is 0 Å². The Morgan fingerprint density at radius 2 is 2.22 bits per heavy atom. The van der Waals surface area contributed by atoms with Crippen LogP contribution >= 0.6 is 0 Å². The second-order valence-electron chi connectivity index (χ2n) is 5.32. The summed E-state index contributed by atoms with van der Waals surface area (Å²) < 4.78 is 0. The summed E-state index contributed by atoms with van der Waals surface area (Å²) >= 11 is 0. The number of rotatable bonds is 5. The van der Waals surface area contributed by atoms with Crippen LogP contribution in [-0.2, 0) is 6.54 Å². The van der Waals surface area contributed by atoms with Crippen LogP contribution in [0, 0.1) is 5.41 Å². The monoisotopic (exact) mass is 248 g/mol. The second-order valence-corrected chi connectivity index (χ2v) is 5.32. The SMILES string of the molecule is CCC1(CC)CCN(Cc2cccnc2NN)C1. The van der Waals surface area contributed by atoms with Gasteiger partial charge in [0.1, 0.15) is 5.82 Å². The van der Waals surface area contributed by atoms with E-state index in [1.807, 2.05) is 6.07 Å². The average molecular weight is 248 g/mol. The minimum Gasteiger partial charge on any atom is -0.308 e. The highest BCUT2D eigenvalue weighted by molar-refractivity contribution is 5.42. The molecule has 100 valence electrons. The van der Waals surface area contributed by atoms with Crippen molar-refractivity contribution in [1.82, 2.24) is 9.88 Å². The molecule has 1 saturated heterocycles. The molecule has 0 unspecified atom stereocenters. The summed E-state index contributed by atoms with van der Waals surface area (Å²) in [5.74, 6) is 6.29. The number of hydrogen-bond acceptors (Lipinski definition) is 4. The molecule has 1 aromatic heterocycles. The highest BCUT2D eigenvalue weighted by atomic mass is 15.3. The Morgan fingerprint density at radius 3 is 2.83 bits per heavy atom. The Bertz CT molecular complexity index is 387. The van der Waals surface area contributed by atoms with Crippen LogP contribution in [0.4, 0.5) is 5.82 Å². The summed E-state index contributed by atoms with van der Waals surface area (Å²) in [6.07, 6.45) is 5.63. The van der Waals surface area contributed by atoms with Gasteiger partial charge in [0.2, 0.25) is 0 Å². The number of aromatic nitrogens is 1. The fraction of sp³-hybridized carbons (Fsp3) is 0.643. The van der Waals surface area contributed by atoms with Crippen LogP contribution in [0.2, 0.25) is 0 Å². The predicted molar refractivity (Wildman–Crippen MR) is 75.0 cm³/mol. The van der Waals surface area contributed by atoms with Gasteiger partial charge in [-0.1, -0.05) is 19.9 Å². The lowest BCUT2D eigenvalue weighted by atomic mass is 9.82. The van der Waals surface area contributed by atoms with Gasteiger partial charge in [0.05, 0.1) is 0 Å². The van der Waals surface area contributed by atoms with E-state index >= 15 is 0 Å².